The minimum absolute atomic E-state index is 0.0808. The van der Waals surface area contributed by atoms with Crippen molar-refractivity contribution in [2.75, 3.05) is 5.32 Å². The third-order valence-electron chi connectivity index (χ3n) is 1.12. The fourth-order valence-corrected chi connectivity index (χ4v) is 1.51. The first-order valence-electron chi connectivity index (χ1n) is 3.54. The van der Waals surface area contributed by atoms with Crippen LogP contribution in [0.5, 0.6) is 0 Å². The van der Waals surface area contributed by atoms with Crippen LogP contribution in [0.4, 0.5) is 5.13 Å². The third kappa shape index (κ3) is 2.48. The molecule has 0 amide bonds. The van der Waals surface area contributed by atoms with Gasteiger partial charge in [-0.1, -0.05) is 11.3 Å². The Morgan fingerprint density at radius 1 is 1.73 bits per heavy atom. The number of nitrogens with zero attached hydrogens (tertiary/aromatic N) is 1. The molecular weight excluding hydrogens is 160 g/mol. The molecule has 0 aliphatic carbocycles. The summed E-state index contributed by atoms with van der Waals surface area (Å²) in [5, 5.41) is 12.8. The van der Waals surface area contributed by atoms with Gasteiger partial charge in [-0.15, -0.1) is 0 Å². The van der Waals surface area contributed by atoms with Gasteiger partial charge >= 0.3 is 0 Å². The molecule has 0 saturated heterocycles. The van der Waals surface area contributed by atoms with Crippen LogP contribution in [-0.2, 0) is 6.61 Å². The lowest BCUT2D eigenvalue weighted by molar-refractivity contribution is 0.285. The predicted octanol–water partition coefficient (Wildman–Crippen LogP) is 1.46. The summed E-state index contributed by atoms with van der Waals surface area (Å²) in [7, 11) is 0. The molecule has 0 aliphatic rings. The zero-order valence-corrected chi connectivity index (χ0v) is 7.48. The molecule has 1 aromatic rings. The highest BCUT2D eigenvalue weighted by Crippen LogP contribution is 2.18. The fraction of sp³-hybridized carbons (Fsp3) is 0.571. The lowest BCUT2D eigenvalue weighted by Crippen LogP contribution is -2.08. The molecule has 0 aromatic carbocycles. The molecule has 0 radical (unpaired) electrons. The minimum atomic E-state index is 0.0808. The summed E-state index contributed by atoms with van der Waals surface area (Å²) in [4.78, 5) is 4.97. The quantitative estimate of drug-likeness (QED) is 0.725. The van der Waals surface area contributed by atoms with Crippen LogP contribution in [0, 0.1) is 0 Å². The van der Waals surface area contributed by atoms with Crippen LogP contribution in [0.3, 0.4) is 0 Å². The van der Waals surface area contributed by atoms with Crippen molar-refractivity contribution in [3.8, 4) is 0 Å². The second-order valence-corrected chi connectivity index (χ2v) is 3.70. The maximum atomic E-state index is 8.73. The van der Waals surface area contributed by atoms with Crippen LogP contribution in [0.15, 0.2) is 6.20 Å². The molecule has 1 aromatic heterocycles. The first kappa shape index (κ1) is 8.49. The maximum Gasteiger partial charge on any atom is 0.183 e. The molecule has 3 nitrogen and oxygen atoms in total. The third-order valence-corrected chi connectivity index (χ3v) is 2.03. The lowest BCUT2D eigenvalue weighted by atomic mass is 10.4. The van der Waals surface area contributed by atoms with E-state index in [1.807, 2.05) is 0 Å². The second-order valence-electron chi connectivity index (χ2n) is 2.59. The molecule has 0 bridgehead atoms. The van der Waals surface area contributed by atoms with E-state index in [9.17, 15) is 0 Å². The Kier molecular flexibility index (Phi) is 2.84. The Hall–Kier alpha value is -0.610. The number of nitrogens with one attached hydrogen (secondary N) is 1. The van der Waals surface area contributed by atoms with Gasteiger partial charge in [-0.25, -0.2) is 4.98 Å². The monoisotopic (exact) mass is 172 g/mol. The first-order valence-corrected chi connectivity index (χ1v) is 4.36. The standard InChI is InChI=1S/C7H12N2OS/c1-5(2)9-7-8-3-6(4-10)11-7/h3,5,10H,4H2,1-2H3,(H,8,9). The van der Waals surface area contributed by atoms with Gasteiger partial charge in [0.05, 0.1) is 11.5 Å². The highest BCUT2D eigenvalue weighted by molar-refractivity contribution is 7.15. The van der Waals surface area contributed by atoms with Crippen molar-refractivity contribution in [2.24, 2.45) is 0 Å². The molecule has 1 heterocycles. The highest BCUT2D eigenvalue weighted by atomic mass is 32.1. The topological polar surface area (TPSA) is 45.2 Å². The molecule has 0 unspecified atom stereocenters. The number of hydrogen-bond acceptors (Lipinski definition) is 4. The summed E-state index contributed by atoms with van der Waals surface area (Å²) in [6.45, 7) is 4.19. The van der Waals surface area contributed by atoms with Crippen LogP contribution in [0.2, 0.25) is 0 Å². The van der Waals surface area contributed by atoms with E-state index < -0.39 is 0 Å². The minimum Gasteiger partial charge on any atom is -0.391 e. The van der Waals surface area contributed by atoms with Crippen molar-refractivity contribution in [1.29, 1.82) is 0 Å². The van der Waals surface area contributed by atoms with E-state index in [0.29, 0.717) is 6.04 Å². The van der Waals surface area contributed by atoms with E-state index in [1.165, 1.54) is 11.3 Å². The van der Waals surface area contributed by atoms with Crippen LogP contribution in [0.25, 0.3) is 0 Å². The molecule has 0 atom stereocenters. The van der Waals surface area contributed by atoms with Crippen LogP contribution < -0.4 is 5.32 Å². The Balaban J connectivity index is 2.58. The number of rotatable bonds is 3. The largest absolute Gasteiger partial charge is 0.391 e. The summed E-state index contributed by atoms with van der Waals surface area (Å²) in [5.74, 6) is 0. The number of aromatic nitrogens is 1. The average molecular weight is 172 g/mol. The molecule has 0 spiro atoms. The van der Waals surface area contributed by atoms with Crippen molar-refractivity contribution < 1.29 is 5.11 Å². The van der Waals surface area contributed by atoms with E-state index in [2.05, 4.69) is 24.1 Å². The maximum absolute atomic E-state index is 8.73. The lowest BCUT2D eigenvalue weighted by Gasteiger charge is -2.03. The SMILES string of the molecule is CC(C)Nc1ncc(CO)s1. The van der Waals surface area contributed by atoms with Gasteiger partial charge in [0.25, 0.3) is 0 Å². The molecule has 1 rings (SSSR count). The summed E-state index contributed by atoms with van der Waals surface area (Å²) < 4.78 is 0. The summed E-state index contributed by atoms with van der Waals surface area (Å²) in [6, 6.07) is 0.396. The van der Waals surface area contributed by atoms with Crippen LogP contribution in [0.1, 0.15) is 18.7 Å². The molecule has 2 N–H and O–H groups in total. The van der Waals surface area contributed by atoms with E-state index in [0.717, 1.165) is 10.0 Å². The molecule has 11 heavy (non-hydrogen) atoms. The zero-order valence-electron chi connectivity index (χ0n) is 6.66. The Labute approximate surface area is 70.1 Å². The molecule has 0 aliphatic heterocycles. The number of thiazole rings is 1. The van der Waals surface area contributed by atoms with Gasteiger partial charge in [-0.05, 0) is 13.8 Å². The van der Waals surface area contributed by atoms with Crippen molar-refractivity contribution >= 4 is 16.5 Å². The van der Waals surface area contributed by atoms with Gasteiger partial charge in [0.15, 0.2) is 5.13 Å². The van der Waals surface area contributed by atoms with E-state index in [1.54, 1.807) is 6.20 Å². The van der Waals surface area contributed by atoms with Crippen molar-refractivity contribution in [2.45, 2.75) is 26.5 Å². The summed E-state index contributed by atoms with van der Waals surface area (Å²) in [5.41, 5.74) is 0. The van der Waals surface area contributed by atoms with Gasteiger partial charge in [0.1, 0.15) is 0 Å². The van der Waals surface area contributed by atoms with Crippen molar-refractivity contribution in [3.05, 3.63) is 11.1 Å². The van der Waals surface area contributed by atoms with Gasteiger partial charge in [-0.2, -0.15) is 0 Å². The van der Waals surface area contributed by atoms with E-state index >= 15 is 0 Å². The van der Waals surface area contributed by atoms with Crippen LogP contribution >= 0.6 is 11.3 Å². The highest BCUT2D eigenvalue weighted by Gasteiger charge is 2.00. The predicted molar refractivity (Wildman–Crippen MR) is 46.8 cm³/mol. The Bertz CT molecular complexity index is 222. The van der Waals surface area contributed by atoms with Gasteiger partial charge < -0.3 is 10.4 Å². The molecule has 4 heteroatoms. The van der Waals surface area contributed by atoms with Crippen LogP contribution in [-0.4, -0.2) is 16.1 Å². The smallest absolute Gasteiger partial charge is 0.183 e. The molecule has 0 fully saturated rings. The summed E-state index contributed by atoms with van der Waals surface area (Å²) in [6.07, 6.45) is 1.69. The second kappa shape index (κ2) is 3.69. The number of aliphatic hydroxyl groups is 1. The number of anilines is 1. The van der Waals surface area contributed by atoms with Crippen molar-refractivity contribution in [3.63, 3.8) is 0 Å². The van der Waals surface area contributed by atoms with E-state index in [-0.39, 0.29) is 6.61 Å². The van der Waals surface area contributed by atoms with Crippen molar-refractivity contribution in [1.82, 2.24) is 4.98 Å². The normalized spacial score (nSPS) is 10.5. The van der Waals surface area contributed by atoms with E-state index in [4.69, 9.17) is 5.11 Å². The average Bonchev–Trinajstić information content (AvgIpc) is 2.34. The summed E-state index contributed by atoms with van der Waals surface area (Å²) >= 11 is 1.49. The zero-order chi connectivity index (χ0) is 8.27. The molecule has 0 saturated carbocycles. The molecular formula is C7H12N2OS. The van der Waals surface area contributed by atoms with Gasteiger partial charge in [-0.3, -0.25) is 0 Å². The Morgan fingerprint density at radius 3 is 2.91 bits per heavy atom. The van der Waals surface area contributed by atoms with Gasteiger partial charge in [0, 0.05) is 12.2 Å². The first-order chi connectivity index (χ1) is 5.22. The Morgan fingerprint density at radius 2 is 2.45 bits per heavy atom. The number of hydrogen-bond donors (Lipinski definition) is 2. The number of aliphatic hydroxyl groups excluding tert-OH is 1. The van der Waals surface area contributed by atoms with Gasteiger partial charge in [0.2, 0.25) is 0 Å². The fourth-order valence-electron chi connectivity index (χ4n) is 0.694. The molecule has 62 valence electrons.